The van der Waals surface area contributed by atoms with Gasteiger partial charge in [0.25, 0.3) is 0 Å². The molecule has 24 rings (SSSR count). The quantitative estimate of drug-likeness (QED) is 0.100. The van der Waals surface area contributed by atoms with E-state index in [4.69, 9.17) is 19.9 Å². The van der Waals surface area contributed by atoms with E-state index >= 15 is 0 Å². The summed E-state index contributed by atoms with van der Waals surface area (Å²) in [6.07, 6.45) is 3.11. The molecule has 0 saturated carbocycles. The number of rotatable bonds is 0. The molecule has 0 radical (unpaired) electrons. The van der Waals surface area contributed by atoms with E-state index in [-0.39, 0.29) is 45.6 Å². The molecule has 0 amide bonds. The van der Waals surface area contributed by atoms with Gasteiger partial charge in [0.05, 0.1) is 33.1 Å². The zero-order valence-electron chi connectivity index (χ0n) is 62.0. The van der Waals surface area contributed by atoms with Crippen molar-refractivity contribution in [1.29, 1.82) is 42.1 Å². The summed E-state index contributed by atoms with van der Waals surface area (Å²) in [4.78, 5) is 68.8. The molecule has 23 nitrogen and oxygen atoms in total. The first kappa shape index (κ1) is 69.3. The minimum Gasteiger partial charge on any atom is -0.245 e. The lowest BCUT2D eigenvalue weighted by atomic mass is 9.93. The van der Waals surface area contributed by atoms with Gasteiger partial charge >= 0.3 is 0 Å². The van der Waals surface area contributed by atoms with Crippen LogP contribution in [0, 0.1) is 90.6 Å². The van der Waals surface area contributed by atoms with Crippen molar-refractivity contribution in [3.05, 3.63) is 295 Å². The predicted molar refractivity (Wildman–Crippen MR) is 461 cm³/mol. The van der Waals surface area contributed by atoms with Gasteiger partial charge < -0.3 is 0 Å². The molecule has 0 saturated heterocycles. The van der Waals surface area contributed by atoms with Gasteiger partial charge in [0.1, 0.15) is 104 Å². The summed E-state index contributed by atoms with van der Waals surface area (Å²) >= 11 is 0. The molecule has 0 N–H and O–H groups in total. The monoisotopic (exact) mass is 1530 g/mol. The molecule has 0 aliphatic heterocycles. The average Bonchev–Trinajstić information content (AvgIpc) is 0.734. The Hall–Kier alpha value is -18.7. The van der Waals surface area contributed by atoms with Crippen LogP contribution in [0.25, 0.3) is 218 Å². The number of pyridine rings is 1. The highest BCUT2D eigenvalue weighted by molar-refractivity contribution is 6.34. The number of nitrogens with zero attached hydrogens (tertiary/aromatic N) is 23. The Bertz CT molecular complexity index is 8020. The molecule has 0 spiro atoms. The van der Waals surface area contributed by atoms with Crippen molar-refractivity contribution in [1.82, 2.24) is 74.8 Å². The second-order valence-corrected chi connectivity index (χ2v) is 28.1. The van der Waals surface area contributed by atoms with Crippen LogP contribution >= 0.6 is 0 Å². The fourth-order valence-corrected chi connectivity index (χ4v) is 16.4. The van der Waals surface area contributed by atoms with Crippen LogP contribution in [0.3, 0.4) is 0 Å². The van der Waals surface area contributed by atoms with E-state index in [0.29, 0.717) is 83.0 Å². The van der Waals surface area contributed by atoms with Crippen LogP contribution in [0.4, 0.5) is 0 Å². The van der Waals surface area contributed by atoms with Crippen LogP contribution in [0.15, 0.2) is 249 Å². The van der Waals surface area contributed by atoms with E-state index in [2.05, 4.69) is 115 Å². The lowest BCUT2D eigenvalue weighted by Gasteiger charge is -2.13. The minimum atomic E-state index is -0.0486. The van der Waals surface area contributed by atoms with Gasteiger partial charge in [0.2, 0.25) is 0 Å². The van der Waals surface area contributed by atoms with Crippen LogP contribution in [0.1, 0.15) is 45.6 Å². The Balaban J connectivity index is 0.0000000990. The number of hydrogen-bond donors (Lipinski definition) is 0. The van der Waals surface area contributed by atoms with Crippen molar-refractivity contribution in [3.8, 4) is 48.6 Å². The minimum absolute atomic E-state index is 0.00700. The number of benzene rings is 16. The summed E-state index contributed by atoms with van der Waals surface area (Å²) in [6, 6.07) is 94.6. The number of aromatic nitrogens is 15. The molecule has 23 heteroatoms. The number of para-hydroxylation sites is 3. The van der Waals surface area contributed by atoms with Gasteiger partial charge in [-0.2, -0.15) is 42.1 Å². The van der Waals surface area contributed by atoms with Gasteiger partial charge in [0, 0.05) is 66.3 Å². The predicted octanol–water partition coefficient (Wildman–Crippen LogP) is 19.7. The zero-order valence-corrected chi connectivity index (χ0v) is 62.0. The highest BCUT2D eigenvalue weighted by Gasteiger charge is 2.25. The van der Waals surface area contributed by atoms with Crippen LogP contribution in [0.2, 0.25) is 0 Å². The maximum absolute atomic E-state index is 9.50. The molecular formula is C97H41N23. The molecular weight excluding hydrogens is 1490 g/mol. The molecule has 8 heterocycles. The van der Waals surface area contributed by atoms with Crippen molar-refractivity contribution in [3.63, 3.8) is 0 Å². The first-order valence-corrected chi connectivity index (χ1v) is 37.3. The van der Waals surface area contributed by atoms with Crippen molar-refractivity contribution in [2.45, 2.75) is 0 Å². The zero-order chi connectivity index (χ0) is 81.0. The standard InChI is InChI=1S/C26H12N4.C25H11N5.C24H10N6.C22H8N8/c27-13-22-23(14-28)30-26-21-12-17-7-2-1-6-16(17)11-20(21)24-18-8-4-3-5-15(18)9-10-19(24)25(26)29-22;26-12-20-21(13-27)30-25-23(29-20)17-10-9-14-5-1-3-7-16(14)22(17)18-11-15-6-2-4-8-19(15)28-24(18)25;25-11-18-19(12-26)30-23-21(29-18)15-10-9-13-5-1-2-6-14(13)20(15)22-24(23)28-17-8-4-3-7-16(17)27-22;23-9-14-15(10-24)28-19-17(27-14)13-6-5-11-3-1-2-4-12(11)16(13)18-20(19)30-22-21(29-18)25-7-8-26-22/h1-12H;1-11H;1-10H;1-8H. The number of nitriles is 8. The average molecular weight is 1530 g/mol. The SMILES string of the molecule is N#Cc1nc2c3cc4ccccc4cc3c3c4ccccc4ccc3c2nc1C#N.N#Cc1nc2c3ccc4ccccc4c3c3cc4ccccc4nc3c2nc1C#N.N#Cc1nc2c3ccc4ccccc4c3c3nc4ccccc4nc3c2nc1C#N.N#Cc1nc2c3ccc4ccccc4c3c3nc4nccnc4nc3c2nc1C#N. The third-order valence-electron chi connectivity index (χ3n) is 21.6. The van der Waals surface area contributed by atoms with Crippen molar-refractivity contribution < 1.29 is 0 Å². The molecule has 0 aliphatic carbocycles. The summed E-state index contributed by atoms with van der Waals surface area (Å²) in [5.74, 6) is 0. The Labute approximate surface area is 674 Å². The fraction of sp³-hybridized carbons (Fsp3) is 0. The van der Waals surface area contributed by atoms with E-state index in [1.165, 1.54) is 0 Å². The maximum atomic E-state index is 9.50. The topological polar surface area (TPSA) is 384 Å². The smallest absolute Gasteiger partial charge is 0.198 e. The van der Waals surface area contributed by atoms with Crippen molar-refractivity contribution in [2.75, 3.05) is 0 Å². The van der Waals surface area contributed by atoms with Crippen LogP contribution in [0.5, 0.6) is 0 Å². The highest BCUT2D eigenvalue weighted by Crippen LogP contribution is 2.44. The van der Waals surface area contributed by atoms with Crippen molar-refractivity contribution >= 4 is 218 Å². The Morgan fingerprint density at radius 1 is 0.167 bits per heavy atom. The molecule has 120 heavy (non-hydrogen) atoms. The largest absolute Gasteiger partial charge is 0.245 e. The second-order valence-electron chi connectivity index (χ2n) is 28.1. The van der Waals surface area contributed by atoms with Crippen LogP contribution in [-0.4, -0.2) is 74.8 Å². The van der Waals surface area contributed by atoms with Gasteiger partial charge in [-0.25, -0.2) is 74.8 Å². The lowest BCUT2D eigenvalue weighted by molar-refractivity contribution is 1.19. The molecule has 0 fully saturated rings. The van der Waals surface area contributed by atoms with Crippen molar-refractivity contribution in [2.24, 2.45) is 0 Å². The van der Waals surface area contributed by atoms with Gasteiger partial charge in [0.15, 0.2) is 56.8 Å². The normalized spacial score (nSPS) is 11.3. The van der Waals surface area contributed by atoms with Gasteiger partial charge in [-0.3, -0.25) is 0 Å². The molecule has 0 bridgehead atoms. The molecule has 0 aliphatic rings. The lowest BCUT2D eigenvalue weighted by Crippen LogP contribution is -2.00. The number of hydrogen-bond acceptors (Lipinski definition) is 23. The van der Waals surface area contributed by atoms with E-state index in [1.54, 1.807) is 12.4 Å². The van der Waals surface area contributed by atoms with Crippen LogP contribution in [-0.2, 0) is 0 Å². The molecule has 16 aromatic carbocycles. The van der Waals surface area contributed by atoms with Gasteiger partial charge in [-0.1, -0.05) is 200 Å². The summed E-state index contributed by atoms with van der Waals surface area (Å²) in [5, 5.41) is 97.9. The van der Waals surface area contributed by atoms with E-state index in [0.717, 1.165) is 135 Å². The third kappa shape index (κ3) is 10.9. The van der Waals surface area contributed by atoms with Crippen LogP contribution < -0.4 is 0 Å². The summed E-state index contributed by atoms with van der Waals surface area (Å²) in [7, 11) is 0. The first-order chi connectivity index (χ1) is 59.1. The van der Waals surface area contributed by atoms with E-state index < -0.39 is 0 Å². The second kappa shape index (κ2) is 27.6. The summed E-state index contributed by atoms with van der Waals surface area (Å²) in [5.41, 5.74) is 10.6. The Morgan fingerprint density at radius 2 is 0.417 bits per heavy atom. The van der Waals surface area contributed by atoms with E-state index in [9.17, 15) is 42.1 Å². The van der Waals surface area contributed by atoms with E-state index in [1.807, 2.05) is 224 Å². The Kier molecular flexibility index (Phi) is 16.0. The fourth-order valence-electron chi connectivity index (χ4n) is 16.4. The first-order valence-electron chi connectivity index (χ1n) is 37.3. The molecule has 0 atom stereocenters. The molecule has 24 aromatic rings. The summed E-state index contributed by atoms with van der Waals surface area (Å²) in [6.45, 7) is 0. The summed E-state index contributed by atoms with van der Waals surface area (Å²) < 4.78 is 0. The molecule has 8 aromatic heterocycles. The Morgan fingerprint density at radius 3 is 0.833 bits per heavy atom. The molecule has 0 unspecified atom stereocenters. The maximum Gasteiger partial charge on any atom is 0.198 e. The highest BCUT2D eigenvalue weighted by atomic mass is 15.0. The van der Waals surface area contributed by atoms with Gasteiger partial charge in [-0.05, 0) is 101 Å². The third-order valence-corrected chi connectivity index (χ3v) is 21.6. The number of fused-ring (bicyclic) bond motifs is 36. The van der Waals surface area contributed by atoms with Gasteiger partial charge in [-0.15, -0.1) is 0 Å². The molecule has 544 valence electrons.